The van der Waals surface area contributed by atoms with Gasteiger partial charge in [0.25, 0.3) is 0 Å². The largest absolute Gasteiger partial charge is 0.433 e. The van der Waals surface area contributed by atoms with Crippen molar-refractivity contribution >= 4 is 5.95 Å². The maximum atomic E-state index is 13.3. The number of nitrogens with zero attached hydrogens (tertiary/aromatic N) is 3. The predicted octanol–water partition coefficient (Wildman–Crippen LogP) is 6.21. The fourth-order valence-electron chi connectivity index (χ4n) is 3.62. The Morgan fingerprint density at radius 3 is 2.34 bits per heavy atom. The van der Waals surface area contributed by atoms with Crippen molar-refractivity contribution in [2.45, 2.75) is 60.1 Å². The first-order valence-corrected chi connectivity index (χ1v) is 10.9. The van der Waals surface area contributed by atoms with Gasteiger partial charge in [-0.3, -0.25) is 0 Å². The van der Waals surface area contributed by atoms with Crippen molar-refractivity contribution in [3.8, 4) is 5.75 Å². The van der Waals surface area contributed by atoms with E-state index in [1.165, 1.54) is 28.3 Å². The molecule has 0 fully saturated rings. The summed E-state index contributed by atoms with van der Waals surface area (Å²) >= 11 is 0. The van der Waals surface area contributed by atoms with Gasteiger partial charge in [0, 0.05) is 32.4 Å². The molecule has 0 saturated heterocycles. The lowest BCUT2D eigenvalue weighted by Crippen LogP contribution is -2.27. The SMILES string of the molecule is CCc1cnc(N(CCc2ccc(C)c(C)c2C)Cc2cccc(OC(C)(F)F)c2)nc1. The highest BCUT2D eigenvalue weighted by Crippen LogP contribution is 2.24. The van der Waals surface area contributed by atoms with Crippen molar-refractivity contribution < 1.29 is 13.5 Å². The molecule has 3 rings (SSSR count). The third kappa shape index (κ3) is 6.25. The molecule has 6 heteroatoms. The molecule has 1 heterocycles. The van der Waals surface area contributed by atoms with Gasteiger partial charge in [0.05, 0.1) is 0 Å². The minimum Gasteiger partial charge on any atom is -0.433 e. The molecule has 0 unspecified atom stereocenters. The molecular formula is C26H31F2N3O. The minimum absolute atomic E-state index is 0.141. The fourth-order valence-corrected chi connectivity index (χ4v) is 3.62. The Balaban J connectivity index is 1.84. The van der Waals surface area contributed by atoms with Gasteiger partial charge in [0.15, 0.2) is 0 Å². The van der Waals surface area contributed by atoms with Crippen molar-refractivity contribution in [1.82, 2.24) is 9.97 Å². The van der Waals surface area contributed by atoms with Gasteiger partial charge in [-0.2, -0.15) is 8.78 Å². The van der Waals surface area contributed by atoms with Crippen molar-refractivity contribution in [3.63, 3.8) is 0 Å². The van der Waals surface area contributed by atoms with Gasteiger partial charge in [-0.25, -0.2) is 9.97 Å². The highest BCUT2D eigenvalue weighted by Gasteiger charge is 2.23. The summed E-state index contributed by atoms with van der Waals surface area (Å²) in [5.74, 6) is 0.762. The van der Waals surface area contributed by atoms with Crippen LogP contribution in [-0.2, 0) is 19.4 Å². The van der Waals surface area contributed by atoms with Crippen LogP contribution in [-0.4, -0.2) is 22.6 Å². The van der Waals surface area contributed by atoms with Gasteiger partial charge < -0.3 is 9.64 Å². The standard InChI is InChI=1S/C26H31F2N3O/c1-6-21-15-29-25(30-16-21)31(13-12-23-11-10-18(2)19(3)20(23)4)17-22-8-7-9-24(14-22)32-26(5,27)28/h7-11,14-16H,6,12-13,17H2,1-5H3. The molecule has 4 nitrogen and oxygen atoms in total. The molecule has 0 bridgehead atoms. The number of aryl methyl sites for hydroxylation is 2. The molecule has 0 N–H and O–H groups in total. The van der Waals surface area contributed by atoms with E-state index in [9.17, 15) is 8.78 Å². The Bertz CT molecular complexity index is 1050. The number of aromatic nitrogens is 2. The Kier molecular flexibility index (Phi) is 7.44. The predicted molar refractivity (Wildman–Crippen MR) is 125 cm³/mol. The second-order valence-corrected chi connectivity index (χ2v) is 8.27. The number of hydrogen-bond acceptors (Lipinski definition) is 4. The molecule has 0 radical (unpaired) electrons. The van der Waals surface area contributed by atoms with Crippen LogP contribution in [0, 0.1) is 20.8 Å². The summed E-state index contributed by atoms with van der Waals surface area (Å²) in [6.07, 6.45) is 2.15. The maximum absolute atomic E-state index is 13.3. The second-order valence-electron chi connectivity index (χ2n) is 8.27. The summed E-state index contributed by atoms with van der Waals surface area (Å²) in [4.78, 5) is 11.2. The van der Waals surface area contributed by atoms with Crippen molar-refractivity contribution in [1.29, 1.82) is 0 Å². The lowest BCUT2D eigenvalue weighted by Gasteiger charge is -2.24. The van der Waals surface area contributed by atoms with Gasteiger partial charge in [-0.15, -0.1) is 0 Å². The van der Waals surface area contributed by atoms with E-state index in [0.29, 0.717) is 19.0 Å². The average molecular weight is 440 g/mol. The van der Waals surface area contributed by atoms with Crippen molar-refractivity contribution in [3.05, 3.63) is 82.2 Å². The number of hydrogen-bond donors (Lipinski definition) is 0. The van der Waals surface area contributed by atoms with Gasteiger partial charge >= 0.3 is 6.11 Å². The van der Waals surface area contributed by atoms with Crippen LogP contribution in [0.3, 0.4) is 0 Å². The Labute approximate surface area is 189 Å². The summed E-state index contributed by atoms with van der Waals surface area (Å²) < 4.78 is 31.3. The van der Waals surface area contributed by atoms with E-state index in [2.05, 4.69) is 54.7 Å². The minimum atomic E-state index is -3.22. The monoisotopic (exact) mass is 439 g/mol. The van der Waals surface area contributed by atoms with Crippen LogP contribution in [0.4, 0.5) is 14.7 Å². The van der Waals surface area contributed by atoms with Crippen LogP contribution in [0.2, 0.25) is 0 Å². The van der Waals surface area contributed by atoms with Gasteiger partial charge in [0.1, 0.15) is 5.75 Å². The first kappa shape index (κ1) is 23.6. The first-order chi connectivity index (χ1) is 15.2. The van der Waals surface area contributed by atoms with Crippen LogP contribution < -0.4 is 9.64 Å². The zero-order chi connectivity index (χ0) is 23.3. The number of halogens is 2. The fraction of sp³-hybridized carbons (Fsp3) is 0.385. The van der Waals surface area contributed by atoms with Crippen LogP contribution in [0.5, 0.6) is 5.75 Å². The van der Waals surface area contributed by atoms with Crippen LogP contribution in [0.15, 0.2) is 48.8 Å². The second kappa shape index (κ2) is 10.1. The van der Waals surface area contributed by atoms with E-state index in [-0.39, 0.29) is 5.75 Å². The Hall–Kier alpha value is -3.02. The molecule has 1 aromatic heterocycles. The van der Waals surface area contributed by atoms with Crippen molar-refractivity contribution in [2.75, 3.05) is 11.4 Å². The van der Waals surface area contributed by atoms with E-state index in [4.69, 9.17) is 4.74 Å². The van der Waals surface area contributed by atoms with E-state index in [1.54, 1.807) is 12.1 Å². The third-order valence-electron chi connectivity index (χ3n) is 5.77. The number of benzene rings is 2. The van der Waals surface area contributed by atoms with Gasteiger partial charge in [-0.1, -0.05) is 31.2 Å². The number of ether oxygens (including phenoxy) is 1. The van der Waals surface area contributed by atoms with Gasteiger partial charge in [0.2, 0.25) is 5.95 Å². The Morgan fingerprint density at radius 1 is 0.969 bits per heavy atom. The molecule has 0 atom stereocenters. The number of anilines is 1. The molecule has 3 aromatic rings. The van der Waals surface area contributed by atoms with Gasteiger partial charge in [-0.05, 0) is 79.1 Å². The zero-order valence-electron chi connectivity index (χ0n) is 19.5. The van der Waals surface area contributed by atoms with E-state index in [0.717, 1.165) is 30.9 Å². The normalized spacial score (nSPS) is 11.5. The quantitative estimate of drug-likeness (QED) is 0.398. The first-order valence-electron chi connectivity index (χ1n) is 10.9. The molecule has 0 spiro atoms. The van der Waals surface area contributed by atoms with Crippen LogP contribution in [0.25, 0.3) is 0 Å². The highest BCUT2D eigenvalue weighted by molar-refractivity contribution is 5.40. The summed E-state index contributed by atoms with van der Waals surface area (Å²) in [6, 6.07) is 11.1. The average Bonchev–Trinajstić information content (AvgIpc) is 2.75. The third-order valence-corrected chi connectivity index (χ3v) is 5.77. The summed E-state index contributed by atoms with van der Waals surface area (Å²) in [5, 5.41) is 0. The Morgan fingerprint density at radius 2 is 1.69 bits per heavy atom. The smallest absolute Gasteiger partial charge is 0.394 e. The maximum Gasteiger partial charge on any atom is 0.394 e. The van der Waals surface area contributed by atoms with E-state index >= 15 is 0 Å². The lowest BCUT2D eigenvalue weighted by atomic mass is 9.97. The molecule has 2 aromatic carbocycles. The molecule has 32 heavy (non-hydrogen) atoms. The van der Waals surface area contributed by atoms with E-state index < -0.39 is 6.11 Å². The van der Waals surface area contributed by atoms with E-state index in [1.807, 2.05) is 18.5 Å². The molecule has 0 saturated carbocycles. The van der Waals surface area contributed by atoms with Crippen LogP contribution in [0.1, 0.15) is 47.2 Å². The number of alkyl halides is 2. The zero-order valence-corrected chi connectivity index (χ0v) is 19.5. The number of rotatable bonds is 9. The molecule has 0 aliphatic rings. The molecule has 0 amide bonds. The summed E-state index contributed by atoms with van der Waals surface area (Å²) in [5.41, 5.74) is 7.10. The highest BCUT2D eigenvalue weighted by atomic mass is 19.3. The molecule has 170 valence electrons. The summed E-state index contributed by atoms with van der Waals surface area (Å²) in [7, 11) is 0. The topological polar surface area (TPSA) is 38.2 Å². The molecule has 0 aliphatic heterocycles. The van der Waals surface area contributed by atoms with Crippen molar-refractivity contribution in [2.24, 2.45) is 0 Å². The van der Waals surface area contributed by atoms with Crippen LogP contribution >= 0.6 is 0 Å². The molecule has 0 aliphatic carbocycles. The lowest BCUT2D eigenvalue weighted by molar-refractivity contribution is -0.158. The molecular weight excluding hydrogens is 408 g/mol. The summed E-state index contributed by atoms with van der Waals surface area (Å²) in [6.45, 7) is 10.4.